The lowest BCUT2D eigenvalue weighted by atomic mass is 10.1. The lowest BCUT2D eigenvalue weighted by molar-refractivity contribution is -0.147. The summed E-state index contributed by atoms with van der Waals surface area (Å²) in [6.07, 6.45) is -5.95. The molecule has 14 heteroatoms. The van der Waals surface area contributed by atoms with Gasteiger partial charge in [-0.25, -0.2) is 13.8 Å². The Bertz CT molecular complexity index is 1300. The Morgan fingerprint density at radius 1 is 1.14 bits per heavy atom. The number of aromatic nitrogens is 1. The summed E-state index contributed by atoms with van der Waals surface area (Å²) in [5, 5.41) is 0. The second-order valence-corrected chi connectivity index (χ2v) is 8.60. The van der Waals surface area contributed by atoms with Crippen molar-refractivity contribution in [3.63, 3.8) is 0 Å². The van der Waals surface area contributed by atoms with E-state index in [-0.39, 0.29) is 28.4 Å². The highest BCUT2D eigenvalue weighted by atomic mass is 79.9. The molecule has 1 atom stereocenters. The molecule has 1 amide bonds. The maximum Gasteiger partial charge on any atom is 0.416 e. The summed E-state index contributed by atoms with van der Waals surface area (Å²) in [7, 11) is 3.24. The van der Waals surface area contributed by atoms with E-state index in [9.17, 15) is 31.5 Å². The van der Waals surface area contributed by atoms with Gasteiger partial charge in [0.05, 0.1) is 12.1 Å². The third-order valence-electron chi connectivity index (χ3n) is 4.78. The highest BCUT2D eigenvalue weighted by molar-refractivity contribution is 9.10. The fourth-order valence-electron chi connectivity index (χ4n) is 3.08. The number of ether oxygens (including phenoxy) is 2. The van der Waals surface area contributed by atoms with Gasteiger partial charge in [-0.1, -0.05) is 12.1 Å². The van der Waals surface area contributed by atoms with Crippen molar-refractivity contribution in [1.82, 2.24) is 9.88 Å². The molecule has 0 saturated carbocycles. The quantitative estimate of drug-likeness (QED) is 0.283. The largest absolute Gasteiger partial charge is 0.474 e. The number of carbonyl (C=O) groups excluding carboxylic acids is 2. The van der Waals surface area contributed by atoms with Gasteiger partial charge >= 0.3 is 12.1 Å². The van der Waals surface area contributed by atoms with Crippen LogP contribution in [0.5, 0.6) is 5.75 Å². The molecule has 3 rings (SSSR count). The van der Waals surface area contributed by atoms with E-state index in [2.05, 4.69) is 20.9 Å². The summed E-state index contributed by atoms with van der Waals surface area (Å²) in [6.45, 7) is -0.648. The van der Waals surface area contributed by atoms with Crippen LogP contribution in [0.3, 0.4) is 0 Å². The first-order chi connectivity index (χ1) is 17.3. The molecule has 2 N–H and O–H groups in total. The number of amides is 1. The van der Waals surface area contributed by atoms with E-state index in [0.29, 0.717) is 0 Å². The first kappa shape index (κ1) is 28.1. The highest BCUT2D eigenvalue weighted by Gasteiger charge is 2.31. The number of primary amides is 1. The van der Waals surface area contributed by atoms with Crippen LogP contribution in [-0.4, -0.2) is 49.0 Å². The van der Waals surface area contributed by atoms with Crippen molar-refractivity contribution in [1.29, 1.82) is 0 Å². The minimum absolute atomic E-state index is 0.00659. The molecule has 3 aromatic rings. The Morgan fingerprint density at radius 3 is 2.35 bits per heavy atom. The summed E-state index contributed by atoms with van der Waals surface area (Å²) in [6, 6.07) is 5.69. The molecular formula is C23H19BrF5N3O5. The third-order valence-corrected chi connectivity index (χ3v) is 5.31. The van der Waals surface area contributed by atoms with E-state index < -0.39 is 59.3 Å². The van der Waals surface area contributed by atoms with Crippen molar-refractivity contribution in [2.75, 3.05) is 27.2 Å². The highest BCUT2D eigenvalue weighted by Crippen LogP contribution is 2.36. The molecule has 1 unspecified atom stereocenters. The normalized spacial score (nSPS) is 12.5. The minimum Gasteiger partial charge on any atom is -0.474 e. The van der Waals surface area contributed by atoms with Gasteiger partial charge in [-0.2, -0.15) is 13.2 Å². The Kier molecular flexibility index (Phi) is 8.53. The summed E-state index contributed by atoms with van der Waals surface area (Å²) in [5.41, 5.74) is 3.44. The standard InChI is InChI=1S/C23H19BrF5N3O5/c1-32(2)9-16(33)35-10-15(36-14-8-7-13(25)17(18(14)26)21(30)34)22-31-19(20(24)37-22)11-3-5-12(6-4-11)23(27,28)29/h3-8,15H,9-10H2,1-2H3,(H2,30,34). The molecule has 0 aliphatic rings. The van der Waals surface area contributed by atoms with Gasteiger partial charge < -0.3 is 19.6 Å². The van der Waals surface area contributed by atoms with Crippen LogP contribution in [0.2, 0.25) is 0 Å². The van der Waals surface area contributed by atoms with Gasteiger partial charge in [0.2, 0.25) is 12.0 Å². The number of alkyl halides is 3. The average Bonchev–Trinajstić information content (AvgIpc) is 3.18. The predicted octanol–water partition coefficient (Wildman–Crippen LogP) is 4.72. The van der Waals surface area contributed by atoms with E-state index >= 15 is 0 Å². The van der Waals surface area contributed by atoms with Crippen molar-refractivity contribution < 1.29 is 45.4 Å². The Labute approximate surface area is 215 Å². The number of esters is 1. The smallest absolute Gasteiger partial charge is 0.416 e. The molecule has 0 spiro atoms. The van der Waals surface area contributed by atoms with E-state index in [4.69, 9.17) is 19.6 Å². The van der Waals surface area contributed by atoms with Crippen LogP contribution >= 0.6 is 15.9 Å². The molecule has 0 aliphatic heterocycles. The monoisotopic (exact) mass is 591 g/mol. The molecule has 0 saturated heterocycles. The van der Waals surface area contributed by atoms with Crippen LogP contribution in [0.25, 0.3) is 11.3 Å². The van der Waals surface area contributed by atoms with Crippen molar-refractivity contribution in [2.45, 2.75) is 12.3 Å². The van der Waals surface area contributed by atoms with Crippen molar-refractivity contribution in [3.05, 3.63) is 69.7 Å². The summed E-state index contributed by atoms with van der Waals surface area (Å²) >= 11 is 3.13. The van der Waals surface area contributed by atoms with Gasteiger partial charge in [0.15, 0.2) is 16.2 Å². The zero-order valence-electron chi connectivity index (χ0n) is 19.2. The third kappa shape index (κ3) is 6.83. The van der Waals surface area contributed by atoms with E-state index in [1.807, 2.05) is 0 Å². The van der Waals surface area contributed by atoms with Gasteiger partial charge in [0, 0.05) is 5.56 Å². The molecule has 1 heterocycles. The van der Waals surface area contributed by atoms with Crippen LogP contribution in [0.4, 0.5) is 22.0 Å². The van der Waals surface area contributed by atoms with Crippen molar-refractivity contribution in [3.8, 4) is 17.0 Å². The van der Waals surface area contributed by atoms with Crippen LogP contribution in [0.1, 0.15) is 27.9 Å². The molecule has 198 valence electrons. The van der Waals surface area contributed by atoms with Crippen LogP contribution in [-0.2, 0) is 15.7 Å². The van der Waals surface area contributed by atoms with Crippen molar-refractivity contribution >= 4 is 27.8 Å². The Morgan fingerprint density at radius 2 is 1.78 bits per heavy atom. The number of benzene rings is 2. The number of oxazole rings is 1. The average molecular weight is 592 g/mol. The van der Waals surface area contributed by atoms with Gasteiger partial charge in [-0.3, -0.25) is 14.5 Å². The van der Waals surface area contributed by atoms with Crippen molar-refractivity contribution in [2.24, 2.45) is 5.73 Å². The first-order valence-electron chi connectivity index (χ1n) is 10.4. The molecular weight excluding hydrogens is 573 g/mol. The number of likely N-dealkylation sites (N-methyl/N-ethyl adjacent to an activating group) is 1. The number of nitrogens with two attached hydrogens (primary N) is 1. The predicted molar refractivity (Wildman–Crippen MR) is 122 cm³/mol. The molecule has 0 fully saturated rings. The number of carbonyl (C=O) groups is 2. The lowest BCUT2D eigenvalue weighted by Gasteiger charge is -2.18. The van der Waals surface area contributed by atoms with Crippen LogP contribution in [0, 0.1) is 11.6 Å². The maximum atomic E-state index is 14.8. The van der Waals surface area contributed by atoms with Crippen LogP contribution in [0.15, 0.2) is 45.5 Å². The summed E-state index contributed by atoms with van der Waals surface area (Å²) < 4.78 is 83.6. The van der Waals surface area contributed by atoms with Gasteiger partial charge in [0.25, 0.3) is 5.91 Å². The Balaban J connectivity index is 1.96. The van der Waals surface area contributed by atoms with Crippen LogP contribution < -0.4 is 10.5 Å². The SMILES string of the molecule is CN(C)CC(=O)OCC(Oc1ccc(F)c(C(N)=O)c1F)c1nc(-c2ccc(C(F)(F)F)cc2)c(Br)o1. The first-order valence-corrected chi connectivity index (χ1v) is 11.2. The minimum atomic E-state index is -4.54. The second-order valence-electron chi connectivity index (χ2n) is 7.88. The fourth-order valence-corrected chi connectivity index (χ4v) is 3.57. The van der Waals surface area contributed by atoms with E-state index in [0.717, 1.165) is 24.3 Å². The topological polar surface area (TPSA) is 108 Å². The van der Waals surface area contributed by atoms with E-state index in [1.54, 1.807) is 14.1 Å². The number of hydrogen-bond acceptors (Lipinski definition) is 7. The maximum absolute atomic E-state index is 14.8. The number of hydrogen-bond donors (Lipinski definition) is 1. The molecule has 8 nitrogen and oxygen atoms in total. The Hall–Kier alpha value is -3.52. The fraction of sp³-hybridized carbons (Fsp3) is 0.261. The lowest BCUT2D eigenvalue weighted by Crippen LogP contribution is -2.26. The zero-order valence-corrected chi connectivity index (χ0v) is 20.8. The molecule has 1 aromatic heterocycles. The van der Waals surface area contributed by atoms with E-state index in [1.165, 1.54) is 17.0 Å². The molecule has 37 heavy (non-hydrogen) atoms. The molecule has 2 aromatic carbocycles. The second kappa shape index (κ2) is 11.3. The number of halogens is 6. The molecule has 0 aliphatic carbocycles. The molecule has 0 bridgehead atoms. The molecule has 0 radical (unpaired) electrons. The zero-order chi connectivity index (χ0) is 27.5. The van der Waals surface area contributed by atoms with Gasteiger partial charge in [-0.05, 0) is 54.3 Å². The number of rotatable bonds is 9. The summed E-state index contributed by atoms with van der Waals surface area (Å²) in [4.78, 5) is 29.2. The summed E-state index contributed by atoms with van der Waals surface area (Å²) in [5.74, 6) is -5.54. The van der Waals surface area contributed by atoms with Gasteiger partial charge in [0.1, 0.15) is 23.7 Å². The number of nitrogens with zero attached hydrogens (tertiary/aromatic N) is 2. The van der Waals surface area contributed by atoms with Gasteiger partial charge in [-0.15, -0.1) is 0 Å².